The molecule has 1 spiro atoms. The molecular weight excluding hydrogens is 737 g/mol. The molecule has 12 nitrogen and oxygen atoms in total. The minimum absolute atomic E-state index is 0.0589. The predicted octanol–water partition coefficient (Wildman–Crippen LogP) is 5.36. The van der Waals surface area contributed by atoms with Crippen molar-refractivity contribution in [2.24, 2.45) is 17.3 Å². The first-order valence-electron chi connectivity index (χ1n) is 21.1. The normalized spacial score (nSPS) is 34.5. The standard InChI is InChI=1S/C25H32N2O6.C21H28N2O2/c1-6-23-10-7-12-27-13-11-24(19(23)27)17-9-8-16(31-4)14-18(17)26(3)20(24)25(30,22(29)32-5)21(23)33-15(2)28;1-3-14-10-15-11-18(21(24)25-2)20-17(8-9-23(12-14)13-15)16-6-4-5-7-19(16)22-20/h7-10,14,19-21,30H,6,11-13H2,1-5H3;4-7,14-15,18,22H,3,8-13H2,1-2H3. The number of aromatic nitrogens is 1. The number of aliphatic hydroxyl groups is 1. The average Bonchev–Trinajstić information content (AvgIpc) is 3.90. The molecule has 10 unspecified atom stereocenters. The zero-order chi connectivity index (χ0) is 41.1. The van der Waals surface area contributed by atoms with Crippen LogP contribution in [0.15, 0.2) is 54.6 Å². The monoisotopic (exact) mass is 796 g/mol. The predicted molar refractivity (Wildman–Crippen MR) is 221 cm³/mol. The van der Waals surface area contributed by atoms with Crippen molar-refractivity contribution in [1.29, 1.82) is 0 Å². The molecule has 12 heteroatoms. The van der Waals surface area contributed by atoms with Gasteiger partial charge in [-0.1, -0.05) is 56.7 Å². The lowest BCUT2D eigenvalue weighted by Crippen LogP contribution is -2.81. The highest BCUT2D eigenvalue weighted by Gasteiger charge is 2.80. The molecule has 1 aromatic heterocycles. The summed E-state index contributed by atoms with van der Waals surface area (Å²) in [6.45, 7) is 10.6. The van der Waals surface area contributed by atoms with E-state index in [-0.39, 0.29) is 17.9 Å². The summed E-state index contributed by atoms with van der Waals surface area (Å²) in [7, 11) is 6.29. The van der Waals surface area contributed by atoms with Gasteiger partial charge in [-0.25, -0.2) is 4.79 Å². The summed E-state index contributed by atoms with van der Waals surface area (Å²) >= 11 is 0. The van der Waals surface area contributed by atoms with Crippen LogP contribution in [0.5, 0.6) is 5.75 Å². The fourth-order valence-corrected chi connectivity index (χ4v) is 12.6. The van der Waals surface area contributed by atoms with Crippen LogP contribution >= 0.6 is 0 Å². The number of fused-ring (bicyclic) bond motifs is 6. The number of aromatic amines is 1. The number of benzene rings is 2. The SMILES string of the molecule is CCC12C=CCN3CCC4(c5ccc(OC)cc5N(C)C4C(O)(C(=O)OC)C1OC(C)=O)C32.CCC1CC2CC(C(=O)OC)c3[nH]c4ccccc4c3CCN(C1)C2. The molecule has 312 valence electrons. The molecule has 2 bridgehead atoms. The Morgan fingerprint density at radius 2 is 1.78 bits per heavy atom. The van der Waals surface area contributed by atoms with E-state index in [9.17, 15) is 19.5 Å². The molecule has 58 heavy (non-hydrogen) atoms. The quantitative estimate of drug-likeness (QED) is 0.190. The van der Waals surface area contributed by atoms with Crippen molar-refractivity contribution in [1.82, 2.24) is 14.8 Å². The molecule has 3 aromatic rings. The van der Waals surface area contributed by atoms with Crippen LogP contribution in [0, 0.1) is 17.3 Å². The maximum absolute atomic E-state index is 13.5. The van der Waals surface area contributed by atoms with Gasteiger partial charge in [-0.05, 0) is 73.7 Å². The van der Waals surface area contributed by atoms with Crippen molar-refractivity contribution in [2.75, 3.05) is 66.0 Å². The maximum Gasteiger partial charge on any atom is 0.344 e. The number of rotatable bonds is 6. The summed E-state index contributed by atoms with van der Waals surface area (Å²) in [6.07, 6.45) is 8.74. The molecule has 2 aromatic carbocycles. The van der Waals surface area contributed by atoms with Gasteiger partial charge >= 0.3 is 17.9 Å². The van der Waals surface area contributed by atoms with E-state index in [2.05, 4.69) is 64.2 Å². The Kier molecular flexibility index (Phi) is 10.7. The number of methoxy groups -OCH3 is 3. The Hall–Kier alpha value is -4.39. The number of hydrogen-bond donors (Lipinski definition) is 2. The van der Waals surface area contributed by atoms with Gasteiger partial charge in [0.2, 0.25) is 5.60 Å². The number of nitrogens with one attached hydrogen (secondary N) is 1. The third-order valence-electron chi connectivity index (χ3n) is 14.8. The summed E-state index contributed by atoms with van der Waals surface area (Å²) in [5.74, 6) is 0.437. The highest BCUT2D eigenvalue weighted by Crippen LogP contribution is 2.67. The van der Waals surface area contributed by atoms with Crippen LogP contribution in [-0.4, -0.2) is 123 Å². The molecule has 9 rings (SSSR count). The number of carbonyl (C=O) groups excluding carboxylic acids is 3. The van der Waals surface area contributed by atoms with Gasteiger partial charge in [0, 0.05) is 85.4 Å². The molecule has 10 atom stereocenters. The van der Waals surface area contributed by atoms with Gasteiger partial charge in [-0.3, -0.25) is 14.5 Å². The number of nitrogens with zero attached hydrogens (tertiary/aromatic N) is 3. The second kappa shape index (κ2) is 15.3. The zero-order valence-corrected chi connectivity index (χ0v) is 35.1. The Labute approximate surface area is 341 Å². The van der Waals surface area contributed by atoms with Crippen LogP contribution in [0.1, 0.15) is 75.6 Å². The summed E-state index contributed by atoms with van der Waals surface area (Å²) in [5, 5.41) is 13.7. The van der Waals surface area contributed by atoms with Gasteiger partial charge in [-0.15, -0.1) is 0 Å². The molecule has 2 saturated heterocycles. The number of anilines is 1. The smallest absolute Gasteiger partial charge is 0.344 e. The zero-order valence-electron chi connectivity index (χ0n) is 35.1. The Bertz CT molecular complexity index is 2100. The average molecular weight is 797 g/mol. The molecule has 2 N–H and O–H groups in total. The fraction of sp³-hybridized carbons (Fsp3) is 0.587. The Morgan fingerprint density at radius 1 is 0.983 bits per heavy atom. The first-order valence-corrected chi connectivity index (χ1v) is 21.1. The number of para-hydroxylation sites is 1. The van der Waals surface area contributed by atoms with E-state index in [0.717, 1.165) is 73.8 Å². The van der Waals surface area contributed by atoms with Crippen LogP contribution in [-0.2, 0) is 40.4 Å². The van der Waals surface area contributed by atoms with Crippen molar-refractivity contribution < 1.29 is 38.4 Å². The van der Waals surface area contributed by atoms with Gasteiger partial charge < -0.3 is 38.8 Å². The van der Waals surface area contributed by atoms with E-state index in [4.69, 9.17) is 18.9 Å². The Balaban J connectivity index is 0.000000168. The lowest BCUT2D eigenvalue weighted by Gasteiger charge is -2.63. The summed E-state index contributed by atoms with van der Waals surface area (Å²) in [6, 6.07) is 13.6. The van der Waals surface area contributed by atoms with Gasteiger partial charge in [0.1, 0.15) is 5.75 Å². The number of likely N-dealkylation sites (N-methyl/N-ethyl adjacent to an activating group) is 1. The topological polar surface area (TPSA) is 134 Å². The first-order chi connectivity index (χ1) is 27.9. The minimum atomic E-state index is -2.08. The number of carbonyl (C=O) groups is 3. The second-order valence-corrected chi connectivity index (χ2v) is 17.5. The highest BCUT2D eigenvalue weighted by molar-refractivity contribution is 5.89. The molecule has 6 heterocycles. The summed E-state index contributed by atoms with van der Waals surface area (Å²) < 4.78 is 21.8. The van der Waals surface area contributed by atoms with E-state index >= 15 is 0 Å². The molecule has 1 aliphatic carbocycles. The summed E-state index contributed by atoms with van der Waals surface area (Å²) in [5.41, 5.74) is 2.13. The third-order valence-corrected chi connectivity index (χ3v) is 14.8. The molecule has 5 aliphatic heterocycles. The van der Waals surface area contributed by atoms with Gasteiger partial charge in [-0.2, -0.15) is 0 Å². The van der Waals surface area contributed by atoms with Crippen molar-refractivity contribution in [3.8, 4) is 5.75 Å². The number of hydrogen-bond acceptors (Lipinski definition) is 11. The molecule has 0 radical (unpaired) electrons. The molecule has 3 fully saturated rings. The molecule has 6 aliphatic rings. The summed E-state index contributed by atoms with van der Waals surface area (Å²) in [4.78, 5) is 49.0. The highest BCUT2D eigenvalue weighted by atomic mass is 16.6. The number of piperidine rings is 1. The van der Waals surface area contributed by atoms with E-state index in [0.29, 0.717) is 18.1 Å². The largest absolute Gasteiger partial charge is 0.497 e. The van der Waals surface area contributed by atoms with Crippen LogP contribution < -0.4 is 9.64 Å². The van der Waals surface area contributed by atoms with E-state index in [1.165, 1.54) is 51.5 Å². The van der Waals surface area contributed by atoms with E-state index in [1.807, 2.05) is 31.0 Å². The van der Waals surface area contributed by atoms with Gasteiger partial charge in [0.05, 0.1) is 33.3 Å². The van der Waals surface area contributed by atoms with Crippen LogP contribution in [0.3, 0.4) is 0 Å². The first kappa shape index (κ1) is 40.4. The van der Waals surface area contributed by atoms with Crippen molar-refractivity contribution in [2.45, 2.75) is 94.4 Å². The number of H-pyrrole nitrogens is 1. The number of ether oxygens (including phenoxy) is 4. The van der Waals surface area contributed by atoms with Gasteiger partial charge in [0.25, 0.3) is 0 Å². The van der Waals surface area contributed by atoms with Crippen LogP contribution in [0.25, 0.3) is 10.9 Å². The van der Waals surface area contributed by atoms with Crippen molar-refractivity contribution in [3.05, 3.63) is 71.4 Å². The van der Waals surface area contributed by atoms with Crippen molar-refractivity contribution >= 4 is 34.5 Å². The minimum Gasteiger partial charge on any atom is -0.497 e. The van der Waals surface area contributed by atoms with Gasteiger partial charge in [0.15, 0.2) is 6.10 Å². The second-order valence-electron chi connectivity index (χ2n) is 17.5. The van der Waals surface area contributed by atoms with Crippen LogP contribution in [0.4, 0.5) is 5.69 Å². The fourth-order valence-electron chi connectivity index (χ4n) is 12.6. The number of esters is 3. The molecule has 0 amide bonds. The molecule has 1 saturated carbocycles. The van der Waals surface area contributed by atoms with Crippen LogP contribution in [0.2, 0.25) is 0 Å². The maximum atomic E-state index is 13.5. The lowest BCUT2D eigenvalue weighted by atomic mass is 9.47. The lowest BCUT2D eigenvalue weighted by molar-refractivity contribution is -0.228. The molecular formula is C46H60N4O8. The Morgan fingerprint density at radius 3 is 2.48 bits per heavy atom. The van der Waals surface area contributed by atoms with E-state index in [1.54, 1.807) is 7.11 Å². The van der Waals surface area contributed by atoms with E-state index < -0.39 is 40.5 Å². The van der Waals surface area contributed by atoms with Crippen molar-refractivity contribution in [3.63, 3.8) is 0 Å². The third kappa shape index (κ3) is 5.99.